The summed E-state index contributed by atoms with van der Waals surface area (Å²) >= 11 is 0. The van der Waals surface area contributed by atoms with Crippen molar-refractivity contribution >= 4 is 17.7 Å². The van der Waals surface area contributed by atoms with Gasteiger partial charge in [-0.05, 0) is 40.8 Å². The highest BCUT2D eigenvalue weighted by Crippen LogP contribution is 2.25. The van der Waals surface area contributed by atoms with Crippen LogP contribution in [0.5, 0.6) is 0 Å². The molecule has 1 fully saturated rings. The Balaban J connectivity index is 1.67. The highest BCUT2D eigenvalue weighted by Gasteiger charge is 2.29. The van der Waals surface area contributed by atoms with Crippen LogP contribution < -0.4 is 4.90 Å². The van der Waals surface area contributed by atoms with E-state index in [1.807, 2.05) is 4.90 Å². The number of anilines is 1. The molecule has 0 aromatic heterocycles. The van der Waals surface area contributed by atoms with Gasteiger partial charge < -0.3 is 9.64 Å². The van der Waals surface area contributed by atoms with Crippen molar-refractivity contribution in [2.45, 2.75) is 32.7 Å². The van der Waals surface area contributed by atoms with E-state index < -0.39 is 0 Å². The number of methoxy groups -OCH3 is 1. The molecule has 5 nitrogen and oxygen atoms in total. The van der Waals surface area contributed by atoms with Crippen LogP contribution in [0.2, 0.25) is 0 Å². The lowest BCUT2D eigenvalue weighted by molar-refractivity contribution is 0.0600. The van der Waals surface area contributed by atoms with E-state index >= 15 is 0 Å². The van der Waals surface area contributed by atoms with Crippen molar-refractivity contribution in [3.8, 4) is 0 Å². The summed E-state index contributed by atoms with van der Waals surface area (Å²) in [7, 11) is 1.35. The average molecular weight is 366 g/mol. The average Bonchev–Trinajstić information content (AvgIpc) is 3.01. The van der Waals surface area contributed by atoms with Crippen LogP contribution in [0.25, 0.3) is 0 Å². The lowest BCUT2D eigenvalue weighted by Gasteiger charge is -2.21. The molecular formula is C22H26N2O3. The molecule has 0 radical (unpaired) electrons. The molecule has 0 saturated carbocycles. The summed E-state index contributed by atoms with van der Waals surface area (Å²) in [5, 5.41) is 0. The fourth-order valence-corrected chi connectivity index (χ4v) is 3.19. The van der Waals surface area contributed by atoms with E-state index in [-0.39, 0.29) is 17.4 Å². The smallest absolute Gasteiger partial charge is 0.337 e. The molecule has 0 bridgehead atoms. The standard InChI is InChI=1S/C22H26N2O3/c1-22(2,3)18-9-5-16(6-10-18)15-23-13-14-24(21(23)26)19-11-7-17(8-12-19)20(25)27-4/h5-12H,13-15H2,1-4H3. The van der Waals surface area contributed by atoms with Gasteiger partial charge in [-0.3, -0.25) is 4.90 Å². The molecule has 3 rings (SSSR count). The minimum atomic E-state index is -0.380. The molecule has 2 aromatic rings. The van der Waals surface area contributed by atoms with Crippen molar-refractivity contribution in [2.24, 2.45) is 0 Å². The molecule has 1 aliphatic heterocycles. The third-order valence-electron chi connectivity index (χ3n) is 4.89. The summed E-state index contributed by atoms with van der Waals surface area (Å²) in [5.74, 6) is -0.380. The van der Waals surface area contributed by atoms with Gasteiger partial charge in [-0.2, -0.15) is 0 Å². The Morgan fingerprint density at radius 2 is 1.63 bits per heavy atom. The number of ether oxygens (including phenoxy) is 1. The number of carbonyl (C=O) groups excluding carboxylic acids is 2. The van der Waals surface area contributed by atoms with Gasteiger partial charge >= 0.3 is 12.0 Å². The van der Waals surface area contributed by atoms with Crippen molar-refractivity contribution in [3.05, 3.63) is 65.2 Å². The summed E-state index contributed by atoms with van der Waals surface area (Å²) in [6.45, 7) is 8.48. The maximum Gasteiger partial charge on any atom is 0.337 e. The third-order valence-corrected chi connectivity index (χ3v) is 4.89. The maximum absolute atomic E-state index is 12.8. The quantitative estimate of drug-likeness (QED) is 0.762. The van der Waals surface area contributed by atoms with Crippen molar-refractivity contribution < 1.29 is 14.3 Å². The fraction of sp³-hybridized carbons (Fsp3) is 0.364. The van der Waals surface area contributed by atoms with Crippen LogP contribution in [0.4, 0.5) is 10.5 Å². The van der Waals surface area contributed by atoms with Gasteiger partial charge in [-0.1, -0.05) is 45.0 Å². The monoisotopic (exact) mass is 366 g/mol. The topological polar surface area (TPSA) is 49.9 Å². The Kier molecular flexibility index (Phi) is 5.22. The number of carbonyl (C=O) groups is 2. The van der Waals surface area contributed by atoms with E-state index in [2.05, 4.69) is 45.0 Å². The van der Waals surface area contributed by atoms with Crippen LogP contribution in [0.15, 0.2) is 48.5 Å². The van der Waals surface area contributed by atoms with Gasteiger partial charge in [0, 0.05) is 25.3 Å². The number of esters is 1. The minimum Gasteiger partial charge on any atom is -0.465 e. The molecule has 0 atom stereocenters. The number of rotatable bonds is 4. The lowest BCUT2D eigenvalue weighted by Crippen LogP contribution is -2.31. The predicted molar refractivity (Wildman–Crippen MR) is 106 cm³/mol. The highest BCUT2D eigenvalue weighted by atomic mass is 16.5. The summed E-state index contributed by atoms with van der Waals surface area (Å²) in [6, 6.07) is 15.4. The van der Waals surface area contributed by atoms with Crippen molar-refractivity contribution in [1.29, 1.82) is 0 Å². The molecule has 0 N–H and O–H groups in total. The van der Waals surface area contributed by atoms with Crippen molar-refractivity contribution in [2.75, 3.05) is 25.1 Å². The number of hydrogen-bond acceptors (Lipinski definition) is 3. The first kappa shape index (κ1) is 19.0. The molecule has 0 unspecified atom stereocenters. The van der Waals surface area contributed by atoms with Gasteiger partial charge in [-0.15, -0.1) is 0 Å². The molecule has 0 aliphatic carbocycles. The van der Waals surface area contributed by atoms with E-state index in [0.29, 0.717) is 25.2 Å². The summed E-state index contributed by atoms with van der Waals surface area (Å²) < 4.78 is 4.71. The minimum absolute atomic E-state index is 0.0132. The second-order valence-corrected chi connectivity index (χ2v) is 7.84. The van der Waals surface area contributed by atoms with Crippen LogP contribution >= 0.6 is 0 Å². The van der Waals surface area contributed by atoms with Crippen LogP contribution in [0.3, 0.4) is 0 Å². The largest absolute Gasteiger partial charge is 0.465 e. The van der Waals surface area contributed by atoms with E-state index in [1.54, 1.807) is 29.2 Å². The van der Waals surface area contributed by atoms with Gasteiger partial charge in [0.15, 0.2) is 0 Å². The van der Waals surface area contributed by atoms with Crippen LogP contribution in [0, 0.1) is 0 Å². The second-order valence-electron chi connectivity index (χ2n) is 7.84. The zero-order valence-corrected chi connectivity index (χ0v) is 16.4. The van der Waals surface area contributed by atoms with E-state index in [1.165, 1.54) is 12.7 Å². The summed E-state index contributed by atoms with van der Waals surface area (Å²) in [5.41, 5.74) is 3.79. The highest BCUT2D eigenvalue weighted by molar-refractivity contribution is 5.95. The van der Waals surface area contributed by atoms with Crippen LogP contribution in [0.1, 0.15) is 42.3 Å². The zero-order chi connectivity index (χ0) is 19.6. The molecule has 0 spiro atoms. The van der Waals surface area contributed by atoms with Crippen molar-refractivity contribution in [1.82, 2.24) is 4.90 Å². The van der Waals surface area contributed by atoms with E-state index in [4.69, 9.17) is 4.74 Å². The molecule has 2 aromatic carbocycles. The molecule has 27 heavy (non-hydrogen) atoms. The summed E-state index contributed by atoms with van der Waals surface area (Å²) in [4.78, 5) is 27.9. The third kappa shape index (κ3) is 4.13. The Morgan fingerprint density at radius 3 is 2.19 bits per heavy atom. The molecule has 2 amide bonds. The van der Waals surface area contributed by atoms with E-state index in [9.17, 15) is 9.59 Å². The van der Waals surface area contributed by atoms with Crippen LogP contribution in [-0.4, -0.2) is 37.1 Å². The Morgan fingerprint density at radius 1 is 1.00 bits per heavy atom. The Bertz CT molecular complexity index is 820. The normalized spacial score (nSPS) is 14.6. The summed E-state index contributed by atoms with van der Waals surface area (Å²) in [6.07, 6.45) is 0. The molecule has 1 aliphatic rings. The Hall–Kier alpha value is -2.82. The van der Waals surface area contributed by atoms with Gasteiger partial charge in [0.25, 0.3) is 0 Å². The second kappa shape index (κ2) is 7.43. The fourth-order valence-electron chi connectivity index (χ4n) is 3.19. The molecule has 5 heteroatoms. The molecule has 1 saturated heterocycles. The number of benzene rings is 2. The molecule has 142 valence electrons. The number of hydrogen-bond donors (Lipinski definition) is 0. The maximum atomic E-state index is 12.8. The zero-order valence-electron chi connectivity index (χ0n) is 16.4. The van der Waals surface area contributed by atoms with Gasteiger partial charge in [0.05, 0.1) is 12.7 Å². The van der Waals surface area contributed by atoms with Crippen molar-refractivity contribution in [3.63, 3.8) is 0 Å². The number of amides is 2. The predicted octanol–water partition coefficient (Wildman–Crippen LogP) is 4.21. The molecule has 1 heterocycles. The Labute approximate surface area is 160 Å². The first-order valence-corrected chi connectivity index (χ1v) is 9.14. The van der Waals surface area contributed by atoms with Crippen LogP contribution in [-0.2, 0) is 16.7 Å². The van der Waals surface area contributed by atoms with E-state index in [0.717, 1.165) is 11.3 Å². The first-order chi connectivity index (χ1) is 12.8. The molecular weight excluding hydrogens is 340 g/mol. The lowest BCUT2D eigenvalue weighted by atomic mass is 9.87. The number of urea groups is 1. The van der Waals surface area contributed by atoms with Gasteiger partial charge in [0.1, 0.15) is 0 Å². The SMILES string of the molecule is COC(=O)c1ccc(N2CCN(Cc3ccc(C(C)(C)C)cc3)C2=O)cc1. The van der Waals surface area contributed by atoms with Gasteiger partial charge in [-0.25, -0.2) is 9.59 Å². The first-order valence-electron chi connectivity index (χ1n) is 9.14. The van der Waals surface area contributed by atoms with Gasteiger partial charge in [0.2, 0.25) is 0 Å². The number of nitrogens with zero attached hydrogens (tertiary/aromatic N) is 2.